The molecule has 21 heavy (non-hydrogen) atoms. The van der Waals surface area contributed by atoms with E-state index in [4.69, 9.17) is 0 Å². The molecular formula is C18H26N2O. The predicted octanol–water partition coefficient (Wildman–Crippen LogP) is 3.53. The van der Waals surface area contributed by atoms with E-state index in [-0.39, 0.29) is 11.8 Å². The second-order valence-electron chi connectivity index (χ2n) is 6.98. The van der Waals surface area contributed by atoms with Crippen LogP contribution in [0.2, 0.25) is 0 Å². The van der Waals surface area contributed by atoms with Gasteiger partial charge in [0, 0.05) is 18.3 Å². The summed E-state index contributed by atoms with van der Waals surface area (Å²) in [6, 6.07) is 8.56. The zero-order valence-electron chi connectivity index (χ0n) is 13.1. The highest BCUT2D eigenvalue weighted by Crippen LogP contribution is 2.33. The molecule has 3 unspecified atom stereocenters. The Balaban J connectivity index is 1.69. The van der Waals surface area contributed by atoms with Gasteiger partial charge in [-0.05, 0) is 49.1 Å². The summed E-state index contributed by atoms with van der Waals surface area (Å²) < 4.78 is 0. The molecule has 3 rings (SSSR count). The highest BCUT2D eigenvalue weighted by atomic mass is 16.1. The molecule has 1 aromatic carbocycles. The summed E-state index contributed by atoms with van der Waals surface area (Å²) in [5.74, 6) is 1.67. The molecule has 0 bridgehead atoms. The van der Waals surface area contributed by atoms with E-state index in [9.17, 15) is 4.79 Å². The smallest absolute Gasteiger partial charge is 0.227 e. The standard InChI is InChI=1S/C18H26N2O/c1-12-9-13(2)11-14(10-12)20-18(21)16-7-8-19-17-6-4-3-5-15(16)17/h3-6,12-14,16,19H,7-11H2,1-2H3,(H,20,21). The van der Waals surface area contributed by atoms with E-state index >= 15 is 0 Å². The normalized spacial score (nSPS) is 31.9. The zero-order valence-corrected chi connectivity index (χ0v) is 13.1. The van der Waals surface area contributed by atoms with Crippen LogP contribution in [0.3, 0.4) is 0 Å². The fourth-order valence-corrected chi connectivity index (χ4v) is 4.11. The fraction of sp³-hybridized carbons (Fsp3) is 0.611. The van der Waals surface area contributed by atoms with Crippen molar-refractivity contribution in [3.8, 4) is 0 Å². The van der Waals surface area contributed by atoms with Crippen molar-refractivity contribution in [1.29, 1.82) is 0 Å². The number of nitrogens with one attached hydrogen (secondary N) is 2. The average molecular weight is 286 g/mol. The number of carbonyl (C=O) groups is 1. The Labute approximate surface area is 127 Å². The number of hydrogen-bond acceptors (Lipinski definition) is 2. The lowest BCUT2D eigenvalue weighted by Gasteiger charge is -2.34. The Morgan fingerprint density at radius 1 is 1.14 bits per heavy atom. The Morgan fingerprint density at radius 2 is 1.86 bits per heavy atom. The Bertz CT molecular complexity index is 504. The largest absolute Gasteiger partial charge is 0.385 e. The van der Waals surface area contributed by atoms with E-state index in [1.165, 1.54) is 6.42 Å². The molecule has 1 aliphatic heterocycles. The number of hydrogen-bond donors (Lipinski definition) is 2. The summed E-state index contributed by atoms with van der Waals surface area (Å²) in [6.07, 6.45) is 4.44. The van der Waals surface area contributed by atoms with Gasteiger partial charge >= 0.3 is 0 Å². The lowest BCUT2D eigenvalue weighted by molar-refractivity contribution is -0.123. The highest BCUT2D eigenvalue weighted by molar-refractivity contribution is 5.86. The van der Waals surface area contributed by atoms with Gasteiger partial charge in [-0.25, -0.2) is 0 Å². The molecule has 1 amide bonds. The molecule has 0 spiro atoms. The Kier molecular flexibility index (Phi) is 4.18. The number of amides is 1. The minimum Gasteiger partial charge on any atom is -0.385 e. The highest BCUT2D eigenvalue weighted by Gasteiger charge is 2.30. The van der Waals surface area contributed by atoms with E-state index in [2.05, 4.69) is 36.6 Å². The van der Waals surface area contributed by atoms with Crippen LogP contribution in [0.15, 0.2) is 24.3 Å². The van der Waals surface area contributed by atoms with Gasteiger partial charge in [-0.2, -0.15) is 0 Å². The van der Waals surface area contributed by atoms with Gasteiger partial charge in [0.2, 0.25) is 5.91 Å². The molecule has 1 aromatic rings. The summed E-state index contributed by atoms with van der Waals surface area (Å²) in [5.41, 5.74) is 2.27. The van der Waals surface area contributed by atoms with Gasteiger partial charge in [0.1, 0.15) is 0 Å². The quantitative estimate of drug-likeness (QED) is 0.873. The lowest BCUT2D eigenvalue weighted by atomic mass is 9.80. The van der Waals surface area contributed by atoms with Crippen LogP contribution >= 0.6 is 0 Å². The van der Waals surface area contributed by atoms with Gasteiger partial charge in [-0.15, -0.1) is 0 Å². The van der Waals surface area contributed by atoms with Crippen molar-refractivity contribution in [2.75, 3.05) is 11.9 Å². The van der Waals surface area contributed by atoms with Gasteiger partial charge in [0.25, 0.3) is 0 Å². The zero-order chi connectivity index (χ0) is 14.8. The van der Waals surface area contributed by atoms with Gasteiger partial charge in [-0.3, -0.25) is 4.79 Å². The van der Waals surface area contributed by atoms with E-state index in [0.717, 1.165) is 48.9 Å². The minimum absolute atomic E-state index is 0.00925. The van der Waals surface area contributed by atoms with Crippen molar-refractivity contribution in [2.45, 2.75) is 51.5 Å². The number of anilines is 1. The molecule has 2 N–H and O–H groups in total. The summed E-state index contributed by atoms with van der Waals surface area (Å²) >= 11 is 0. The maximum absolute atomic E-state index is 12.7. The van der Waals surface area contributed by atoms with Crippen molar-refractivity contribution in [1.82, 2.24) is 5.32 Å². The van der Waals surface area contributed by atoms with Crippen LogP contribution < -0.4 is 10.6 Å². The SMILES string of the molecule is CC1CC(C)CC(NC(=O)C2CCNc3ccccc32)C1. The summed E-state index contributed by atoms with van der Waals surface area (Å²) in [5, 5.41) is 6.71. The first-order chi connectivity index (χ1) is 10.1. The van der Waals surface area contributed by atoms with Crippen molar-refractivity contribution in [3.05, 3.63) is 29.8 Å². The van der Waals surface area contributed by atoms with Crippen LogP contribution in [-0.4, -0.2) is 18.5 Å². The van der Waals surface area contributed by atoms with Crippen LogP contribution in [0.4, 0.5) is 5.69 Å². The number of rotatable bonds is 2. The fourth-order valence-electron chi connectivity index (χ4n) is 4.11. The number of benzene rings is 1. The second-order valence-corrected chi connectivity index (χ2v) is 6.98. The van der Waals surface area contributed by atoms with Crippen molar-refractivity contribution in [2.24, 2.45) is 11.8 Å². The third-order valence-electron chi connectivity index (χ3n) is 4.93. The molecule has 3 atom stereocenters. The Morgan fingerprint density at radius 3 is 2.62 bits per heavy atom. The summed E-state index contributed by atoms with van der Waals surface area (Å²) in [7, 11) is 0. The summed E-state index contributed by atoms with van der Waals surface area (Å²) in [6.45, 7) is 5.48. The topological polar surface area (TPSA) is 41.1 Å². The van der Waals surface area contributed by atoms with Gasteiger partial charge in [-0.1, -0.05) is 32.0 Å². The number of carbonyl (C=O) groups excluding carboxylic acids is 1. The molecule has 0 radical (unpaired) electrons. The Hall–Kier alpha value is -1.51. The molecule has 1 fully saturated rings. The van der Waals surface area contributed by atoms with E-state index < -0.39 is 0 Å². The first kappa shape index (κ1) is 14.4. The molecule has 0 saturated heterocycles. The summed E-state index contributed by atoms with van der Waals surface area (Å²) in [4.78, 5) is 12.7. The van der Waals surface area contributed by atoms with E-state index in [1.807, 2.05) is 12.1 Å². The maximum atomic E-state index is 12.7. The van der Waals surface area contributed by atoms with Crippen molar-refractivity contribution in [3.63, 3.8) is 0 Å². The van der Waals surface area contributed by atoms with Crippen molar-refractivity contribution < 1.29 is 4.79 Å². The van der Waals surface area contributed by atoms with Crippen LogP contribution in [-0.2, 0) is 4.79 Å². The molecule has 0 aromatic heterocycles. The number of fused-ring (bicyclic) bond motifs is 1. The molecular weight excluding hydrogens is 260 g/mol. The molecule has 2 aliphatic rings. The first-order valence-corrected chi connectivity index (χ1v) is 8.26. The van der Waals surface area contributed by atoms with E-state index in [1.54, 1.807) is 0 Å². The molecule has 3 nitrogen and oxygen atoms in total. The van der Waals surface area contributed by atoms with E-state index in [0.29, 0.717) is 6.04 Å². The average Bonchev–Trinajstić information content (AvgIpc) is 2.45. The molecule has 1 aliphatic carbocycles. The molecule has 114 valence electrons. The molecule has 1 heterocycles. The molecule has 3 heteroatoms. The van der Waals surface area contributed by atoms with Gasteiger partial charge < -0.3 is 10.6 Å². The first-order valence-electron chi connectivity index (χ1n) is 8.26. The number of para-hydroxylation sites is 1. The van der Waals surface area contributed by atoms with Crippen molar-refractivity contribution >= 4 is 11.6 Å². The van der Waals surface area contributed by atoms with Gasteiger partial charge in [0.05, 0.1) is 5.92 Å². The third kappa shape index (κ3) is 3.22. The maximum Gasteiger partial charge on any atom is 0.227 e. The monoisotopic (exact) mass is 286 g/mol. The van der Waals surface area contributed by atoms with Crippen LogP contribution in [0.5, 0.6) is 0 Å². The second kappa shape index (κ2) is 6.08. The van der Waals surface area contributed by atoms with Crippen LogP contribution in [0.25, 0.3) is 0 Å². The van der Waals surface area contributed by atoms with Crippen LogP contribution in [0.1, 0.15) is 51.0 Å². The van der Waals surface area contributed by atoms with Crippen LogP contribution in [0, 0.1) is 11.8 Å². The third-order valence-corrected chi connectivity index (χ3v) is 4.93. The minimum atomic E-state index is 0.00925. The molecule has 1 saturated carbocycles. The van der Waals surface area contributed by atoms with Gasteiger partial charge in [0.15, 0.2) is 0 Å². The predicted molar refractivity (Wildman–Crippen MR) is 86.4 cm³/mol. The lowest BCUT2D eigenvalue weighted by Crippen LogP contribution is -2.43.